The first kappa shape index (κ1) is 10.0. The molecule has 0 aliphatic rings. The zero-order chi connectivity index (χ0) is 9.35. The molecule has 0 radical (unpaired) electrons. The first-order valence-corrected chi connectivity index (χ1v) is 4.90. The van der Waals surface area contributed by atoms with Crippen LogP contribution in [0.5, 0.6) is 0 Å². The lowest BCUT2D eigenvalue weighted by Gasteiger charge is -2.20. The van der Waals surface area contributed by atoms with Crippen molar-refractivity contribution >= 4 is 27.5 Å². The molecule has 0 atom stereocenters. The predicted octanol–water partition coefficient (Wildman–Crippen LogP) is 3.80. The van der Waals surface area contributed by atoms with Crippen LogP contribution >= 0.6 is 27.5 Å². The van der Waals surface area contributed by atoms with Gasteiger partial charge in [-0.25, -0.2) is 4.98 Å². The third kappa shape index (κ3) is 2.20. The summed E-state index contributed by atoms with van der Waals surface area (Å²) in [5, 5.41) is 0.545. The van der Waals surface area contributed by atoms with Gasteiger partial charge in [-0.2, -0.15) is 0 Å². The highest BCUT2D eigenvalue weighted by Gasteiger charge is 2.17. The summed E-state index contributed by atoms with van der Waals surface area (Å²) in [4.78, 5) is 3.97. The summed E-state index contributed by atoms with van der Waals surface area (Å²) in [6.45, 7) is 6.43. The number of hydrogen-bond acceptors (Lipinski definition) is 1. The molecule has 1 aromatic rings. The highest BCUT2D eigenvalue weighted by Crippen LogP contribution is 2.30. The van der Waals surface area contributed by atoms with Gasteiger partial charge in [0.1, 0.15) is 5.15 Å². The summed E-state index contributed by atoms with van der Waals surface area (Å²) in [6.07, 6.45) is 1.74. The van der Waals surface area contributed by atoms with Crippen molar-refractivity contribution in [3.05, 3.63) is 27.5 Å². The van der Waals surface area contributed by atoms with Crippen LogP contribution < -0.4 is 0 Å². The summed E-state index contributed by atoms with van der Waals surface area (Å²) < 4.78 is 1.01. The molecule has 1 rings (SSSR count). The van der Waals surface area contributed by atoms with Crippen molar-refractivity contribution in [2.45, 2.75) is 26.2 Å². The lowest BCUT2D eigenvalue weighted by molar-refractivity contribution is 0.586. The zero-order valence-corrected chi connectivity index (χ0v) is 9.70. The van der Waals surface area contributed by atoms with Crippen LogP contribution in [-0.4, -0.2) is 4.98 Å². The number of rotatable bonds is 0. The molecule has 0 aromatic carbocycles. The van der Waals surface area contributed by atoms with E-state index in [-0.39, 0.29) is 5.41 Å². The van der Waals surface area contributed by atoms with Crippen LogP contribution in [0, 0.1) is 0 Å². The lowest BCUT2D eigenvalue weighted by Crippen LogP contribution is -2.12. The first-order valence-electron chi connectivity index (χ1n) is 3.73. The highest BCUT2D eigenvalue weighted by molar-refractivity contribution is 9.10. The van der Waals surface area contributed by atoms with Gasteiger partial charge in [-0.3, -0.25) is 0 Å². The minimum atomic E-state index is 0.103. The van der Waals surface area contributed by atoms with Crippen LogP contribution in [0.3, 0.4) is 0 Å². The van der Waals surface area contributed by atoms with E-state index in [1.54, 1.807) is 6.20 Å². The largest absolute Gasteiger partial charge is 0.243 e. The van der Waals surface area contributed by atoms with E-state index in [0.29, 0.717) is 5.15 Å². The maximum absolute atomic E-state index is 5.79. The molecule has 0 spiro atoms. The molecule has 66 valence electrons. The summed E-state index contributed by atoms with van der Waals surface area (Å²) >= 11 is 9.24. The maximum Gasteiger partial charge on any atom is 0.129 e. The van der Waals surface area contributed by atoms with Gasteiger partial charge in [-0.05, 0) is 33.0 Å². The van der Waals surface area contributed by atoms with E-state index < -0.39 is 0 Å². The molecule has 0 unspecified atom stereocenters. The summed E-state index contributed by atoms with van der Waals surface area (Å²) in [5.41, 5.74) is 1.29. The van der Waals surface area contributed by atoms with Gasteiger partial charge in [0.2, 0.25) is 0 Å². The van der Waals surface area contributed by atoms with Crippen LogP contribution in [-0.2, 0) is 5.41 Å². The SMILES string of the molecule is CC(C)(C)c1cc(Cl)ncc1Br. The Labute approximate surface area is 86.3 Å². The average molecular weight is 249 g/mol. The molecule has 0 saturated heterocycles. The summed E-state index contributed by atoms with van der Waals surface area (Å²) in [5.74, 6) is 0. The third-order valence-corrected chi connectivity index (χ3v) is 2.47. The van der Waals surface area contributed by atoms with Crippen molar-refractivity contribution in [3.63, 3.8) is 0 Å². The van der Waals surface area contributed by atoms with Crippen molar-refractivity contribution in [1.29, 1.82) is 0 Å². The van der Waals surface area contributed by atoms with Crippen molar-refractivity contribution in [1.82, 2.24) is 4.98 Å². The van der Waals surface area contributed by atoms with Crippen molar-refractivity contribution in [2.24, 2.45) is 0 Å². The average Bonchev–Trinajstić information content (AvgIpc) is 1.92. The van der Waals surface area contributed by atoms with Gasteiger partial charge < -0.3 is 0 Å². The quantitative estimate of drug-likeness (QED) is 0.637. The fourth-order valence-corrected chi connectivity index (χ4v) is 1.96. The van der Waals surface area contributed by atoms with E-state index in [0.717, 1.165) is 4.47 Å². The van der Waals surface area contributed by atoms with Gasteiger partial charge >= 0.3 is 0 Å². The second-order valence-electron chi connectivity index (χ2n) is 3.74. The van der Waals surface area contributed by atoms with Crippen molar-refractivity contribution in [2.75, 3.05) is 0 Å². The Kier molecular flexibility index (Phi) is 2.79. The minimum absolute atomic E-state index is 0.103. The van der Waals surface area contributed by atoms with E-state index in [4.69, 9.17) is 11.6 Å². The van der Waals surface area contributed by atoms with E-state index >= 15 is 0 Å². The van der Waals surface area contributed by atoms with Crippen LogP contribution in [0.25, 0.3) is 0 Å². The molecule has 0 fully saturated rings. The van der Waals surface area contributed by atoms with Crippen molar-refractivity contribution in [3.8, 4) is 0 Å². The Bertz CT molecular complexity index is 291. The standard InChI is InChI=1S/C9H11BrClN/c1-9(2,3)6-4-8(11)12-5-7(6)10/h4-5H,1-3H3. The Morgan fingerprint density at radius 2 is 2.00 bits per heavy atom. The monoisotopic (exact) mass is 247 g/mol. The molecule has 0 saturated carbocycles. The molecule has 0 N–H and O–H groups in total. The molecule has 1 heterocycles. The number of hydrogen-bond donors (Lipinski definition) is 0. The maximum atomic E-state index is 5.79. The minimum Gasteiger partial charge on any atom is -0.243 e. The molecule has 3 heteroatoms. The molecular formula is C9H11BrClN. The first-order chi connectivity index (χ1) is 5.41. The third-order valence-electron chi connectivity index (χ3n) is 1.63. The van der Waals surface area contributed by atoms with Crippen LogP contribution in [0.4, 0.5) is 0 Å². The Morgan fingerprint density at radius 3 is 2.42 bits per heavy atom. The van der Waals surface area contributed by atoms with Crippen LogP contribution in [0.15, 0.2) is 16.7 Å². The smallest absolute Gasteiger partial charge is 0.129 e. The molecule has 1 aromatic heterocycles. The Hall–Kier alpha value is -0.0800. The van der Waals surface area contributed by atoms with Gasteiger partial charge in [0.25, 0.3) is 0 Å². The van der Waals surface area contributed by atoms with Gasteiger partial charge in [0.05, 0.1) is 0 Å². The predicted molar refractivity (Wildman–Crippen MR) is 55.6 cm³/mol. The number of halogens is 2. The normalized spacial score (nSPS) is 11.8. The van der Waals surface area contributed by atoms with E-state index in [9.17, 15) is 0 Å². The van der Waals surface area contributed by atoms with Gasteiger partial charge in [0, 0.05) is 10.7 Å². The summed E-state index contributed by atoms with van der Waals surface area (Å²) in [7, 11) is 0. The number of aromatic nitrogens is 1. The Morgan fingerprint density at radius 1 is 1.42 bits per heavy atom. The van der Waals surface area contributed by atoms with E-state index in [1.165, 1.54) is 5.56 Å². The fraction of sp³-hybridized carbons (Fsp3) is 0.444. The molecule has 0 bridgehead atoms. The zero-order valence-electron chi connectivity index (χ0n) is 7.36. The molecule has 12 heavy (non-hydrogen) atoms. The van der Waals surface area contributed by atoms with E-state index in [1.807, 2.05) is 6.07 Å². The van der Waals surface area contributed by atoms with Gasteiger partial charge in [-0.15, -0.1) is 0 Å². The topological polar surface area (TPSA) is 12.9 Å². The van der Waals surface area contributed by atoms with E-state index in [2.05, 4.69) is 41.7 Å². The molecule has 0 amide bonds. The van der Waals surface area contributed by atoms with Gasteiger partial charge in [-0.1, -0.05) is 32.4 Å². The molecule has 0 aliphatic heterocycles. The number of nitrogens with zero attached hydrogens (tertiary/aromatic N) is 1. The second kappa shape index (κ2) is 3.35. The fourth-order valence-electron chi connectivity index (χ4n) is 0.988. The molecule has 0 aliphatic carbocycles. The molecular weight excluding hydrogens is 237 g/mol. The second-order valence-corrected chi connectivity index (χ2v) is 4.98. The van der Waals surface area contributed by atoms with Crippen molar-refractivity contribution < 1.29 is 0 Å². The highest BCUT2D eigenvalue weighted by atomic mass is 79.9. The van der Waals surface area contributed by atoms with Crippen LogP contribution in [0.1, 0.15) is 26.3 Å². The summed E-state index contributed by atoms with van der Waals surface area (Å²) in [6, 6.07) is 1.89. The Balaban J connectivity index is 3.23. The molecule has 1 nitrogen and oxygen atoms in total. The van der Waals surface area contributed by atoms with Gasteiger partial charge in [0.15, 0.2) is 0 Å². The lowest BCUT2D eigenvalue weighted by atomic mass is 9.88. The van der Waals surface area contributed by atoms with Crippen LogP contribution in [0.2, 0.25) is 5.15 Å². The number of pyridine rings is 1.